The minimum absolute atomic E-state index is 0.172. The fourth-order valence-electron chi connectivity index (χ4n) is 3.58. The lowest BCUT2D eigenvalue weighted by Gasteiger charge is -2.57. The number of piperidine rings is 1. The molecule has 1 aliphatic rings. The van der Waals surface area contributed by atoms with Gasteiger partial charge < -0.3 is 0 Å². The van der Waals surface area contributed by atoms with Gasteiger partial charge in [-0.05, 0) is 41.5 Å². The van der Waals surface area contributed by atoms with Crippen LogP contribution in [0.5, 0.6) is 0 Å². The maximum absolute atomic E-state index is 11.8. The molecule has 2 heteroatoms. The first-order valence-corrected chi connectivity index (χ1v) is 5.83. The van der Waals surface area contributed by atoms with Crippen molar-refractivity contribution >= 4 is 5.78 Å². The molecule has 0 aliphatic carbocycles. The van der Waals surface area contributed by atoms with Gasteiger partial charge in [0.1, 0.15) is 5.78 Å². The van der Waals surface area contributed by atoms with Gasteiger partial charge in [-0.15, -0.1) is 6.42 Å². The van der Waals surface area contributed by atoms with Crippen LogP contribution in [0.3, 0.4) is 0 Å². The van der Waals surface area contributed by atoms with E-state index < -0.39 is 0 Å². The number of nitrogens with zero attached hydrogens (tertiary/aromatic N) is 1. The van der Waals surface area contributed by atoms with Crippen molar-refractivity contribution in [3.05, 3.63) is 0 Å². The Morgan fingerprint density at radius 1 is 1.19 bits per heavy atom. The average molecular weight is 221 g/mol. The summed E-state index contributed by atoms with van der Waals surface area (Å²) in [5.74, 6) is 3.18. The van der Waals surface area contributed by atoms with E-state index in [1.54, 1.807) is 0 Å². The second-order valence-corrected chi connectivity index (χ2v) is 6.56. The Hall–Kier alpha value is -0.810. The van der Waals surface area contributed by atoms with Gasteiger partial charge in [0.2, 0.25) is 0 Å². The predicted octanol–water partition coefficient (Wildman–Crippen LogP) is 2.62. The second kappa shape index (κ2) is 3.60. The highest BCUT2D eigenvalue weighted by Gasteiger charge is 2.50. The largest absolute Gasteiger partial charge is 0.300 e. The Labute approximate surface area is 99.4 Å². The first-order valence-electron chi connectivity index (χ1n) is 5.83. The van der Waals surface area contributed by atoms with Crippen molar-refractivity contribution in [2.75, 3.05) is 0 Å². The monoisotopic (exact) mass is 221 g/mol. The molecule has 1 aliphatic heterocycles. The number of ketones is 1. The molecule has 1 saturated heterocycles. The zero-order valence-electron chi connectivity index (χ0n) is 11.3. The molecule has 1 fully saturated rings. The highest BCUT2D eigenvalue weighted by atomic mass is 16.1. The van der Waals surface area contributed by atoms with Crippen LogP contribution < -0.4 is 0 Å². The Morgan fingerprint density at radius 2 is 1.56 bits per heavy atom. The lowest BCUT2D eigenvalue weighted by Crippen LogP contribution is -2.67. The van der Waals surface area contributed by atoms with Crippen LogP contribution in [0.15, 0.2) is 0 Å². The second-order valence-electron chi connectivity index (χ2n) is 6.56. The Bertz CT molecular complexity index is 324. The molecule has 0 unspecified atom stereocenters. The molecule has 0 aromatic heterocycles. The Kier molecular flexibility index (Phi) is 2.98. The number of likely N-dealkylation sites (tertiary alicyclic amines) is 1. The van der Waals surface area contributed by atoms with E-state index in [1.807, 2.05) is 13.8 Å². The summed E-state index contributed by atoms with van der Waals surface area (Å²) in [5, 5.41) is 0. The third-order valence-corrected chi connectivity index (χ3v) is 3.38. The van der Waals surface area contributed by atoms with Gasteiger partial charge >= 0.3 is 0 Å². The highest BCUT2D eigenvalue weighted by Crippen LogP contribution is 2.41. The van der Waals surface area contributed by atoms with E-state index in [0.29, 0.717) is 18.6 Å². The molecule has 0 bridgehead atoms. The first-order chi connectivity index (χ1) is 7.03. The minimum atomic E-state index is -0.326. The number of carbonyl (C=O) groups is 1. The molecular formula is C14H23NO. The van der Waals surface area contributed by atoms with E-state index >= 15 is 0 Å². The number of terminal acetylenes is 1. The molecule has 0 amide bonds. The zero-order valence-corrected chi connectivity index (χ0v) is 11.3. The molecule has 0 spiro atoms. The van der Waals surface area contributed by atoms with E-state index in [9.17, 15) is 4.79 Å². The third kappa shape index (κ3) is 2.15. The van der Waals surface area contributed by atoms with Crippen LogP contribution in [0.4, 0.5) is 0 Å². The normalized spacial score (nSPS) is 25.2. The highest BCUT2D eigenvalue weighted by molar-refractivity contribution is 5.81. The first kappa shape index (κ1) is 13.3. The van der Waals surface area contributed by atoms with Crippen LogP contribution in [0.1, 0.15) is 54.4 Å². The maximum Gasteiger partial charge on any atom is 0.136 e. The van der Waals surface area contributed by atoms with Crippen molar-refractivity contribution in [1.82, 2.24) is 4.90 Å². The topological polar surface area (TPSA) is 20.3 Å². The summed E-state index contributed by atoms with van der Waals surface area (Å²) < 4.78 is 0. The van der Waals surface area contributed by atoms with Crippen LogP contribution in [-0.4, -0.2) is 27.3 Å². The molecule has 0 atom stereocenters. The molecule has 0 N–H and O–H groups in total. The summed E-state index contributed by atoms with van der Waals surface area (Å²) in [6.45, 7) is 12.5. The molecular weight excluding hydrogens is 198 g/mol. The number of carbonyl (C=O) groups excluding carboxylic acids is 1. The molecule has 0 radical (unpaired) electrons. The molecule has 1 rings (SSSR count). The van der Waals surface area contributed by atoms with Crippen LogP contribution in [0.2, 0.25) is 0 Å². The van der Waals surface area contributed by atoms with E-state index in [1.165, 1.54) is 0 Å². The van der Waals surface area contributed by atoms with E-state index in [-0.39, 0.29) is 16.6 Å². The fraction of sp³-hybridized carbons (Fsp3) is 0.786. The van der Waals surface area contributed by atoms with E-state index in [2.05, 4.69) is 38.5 Å². The van der Waals surface area contributed by atoms with Crippen LogP contribution in [0, 0.1) is 12.3 Å². The van der Waals surface area contributed by atoms with Crippen molar-refractivity contribution in [2.24, 2.45) is 0 Å². The molecule has 90 valence electrons. The minimum Gasteiger partial charge on any atom is -0.300 e. The summed E-state index contributed by atoms with van der Waals surface area (Å²) in [6.07, 6.45) is 6.81. The van der Waals surface area contributed by atoms with Crippen molar-refractivity contribution in [2.45, 2.75) is 71.0 Å². The fourth-order valence-corrected chi connectivity index (χ4v) is 3.58. The van der Waals surface area contributed by atoms with Crippen molar-refractivity contribution < 1.29 is 4.79 Å². The van der Waals surface area contributed by atoms with Crippen LogP contribution in [0.25, 0.3) is 0 Å². The van der Waals surface area contributed by atoms with Gasteiger partial charge in [-0.3, -0.25) is 9.69 Å². The summed E-state index contributed by atoms with van der Waals surface area (Å²) in [6, 6.07) is 0. The van der Waals surface area contributed by atoms with Crippen molar-refractivity contribution in [3.8, 4) is 12.3 Å². The van der Waals surface area contributed by atoms with Gasteiger partial charge in [0.25, 0.3) is 0 Å². The van der Waals surface area contributed by atoms with Crippen LogP contribution >= 0.6 is 0 Å². The van der Waals surface area contributed by atoms with Gasteiger partial charge in [0.05, 0.1) is 5.54 Å². The Morgan fingerprint density at radius 3 is 1.88 bits per heavy atom. The summed E-state index contributed by atoms with van der Waals surface area (Å²) in [5.41, 5.74) is -0.670. The van der Waals surface area contributed by atoms with E-state index in [4.69, 9.17) is 6.42 Å². The standard InChI is InChI=1S/C14H23NO/c1-8-12(2,3)15-13(4,5)9-11(16)10-14(15,6)7/h1H,9-10H2,2-7H3. The quantitative estimate of drug-likeness (QED) is 0.634. The van der Waals surface area contributed by atoms with Gasteiger partial charge in [-0.2, -0.15) is 0 Å². The number of Topliss-reactive ketones (excluding diaryl/α,β-unsaturated/α-hetero) is 1. The van der Waals surface area contributed by atoms with Gasteiger partial charge in [-0.1, -0.05) is 5.92 Å². The molecule has 1 heterocycles. The van der Waals surface area contributed by atoms with Gasteiger partial charge in [0.15, 0.2) is 0 Å². The molecule has 0 aromatic carbocycles. The molecule has 0 aromatic rings. The van der Waals surface area contributed by atoms with Crippen molar-refractivity contribution in [3.63, 3.8) is 0 Å². The molecule has 2 nitrogen and oxygen atoms in total. The molecule has 0 saturated carbocycles. The number of hydrogen-bond acceptors (Lipinski definition) is 2. The lowest BCUT2D eigenvalue weighted by atomic mass is 9.75. The molecule has 16 heavy (non-hydrogen) atoms. The van der Waals surface area contributed by atoms with E-state index in [0.717, 1.165) is 0 Å². The van der Waals surface area contributed by atoms with Crippen LogP contribution in [-0.2, 0) is 4.79 Å². The summed E-state index contributed by atoms with van der Waals surface area (Å²) in [7, 11) is 0. The summed E-state index contributed by atoms with van der Waals surface area (Å²) in [4.78, 5) is 14.1. The SMILES string of the molecule is C#CC(C)(C)N1C(C)(C)CC(=O)CC1(C)C. The van der Waals surface area contributed by atoms with Crippen molar-refractivity contribution in [1.29, 1.82) is 0 Å². The van der Waals surface area contributed by atoms with Gasteiger partial charge in [0, 0.05) is 23.9 Å². The number of hydrogen-bond donors (Lipinski definition) is 0. The Balaban J connectivity index is 3.23. The number of rotatable bonds is 1. The third-order valence-electron chi connectivity index (χ3n) is 3.38. The predicted molar refractivity (Wildman–Crippen MR) is 67.2 cm³/mol. The zero-order chi connectivity index (χ0) is 12.8. The average Bonchev–Trinajstić information content (AvgIpc) is 1.96. The van der Waals surface area contributed by atoms with Gasteiger partial charge in [-0.25, -0.2) is 0 Å². The summed E-state index contributed by atoms with van der Waals surface area (Å²) >= 11 is 0. The maximum atomic E-state index is 11.8. The smallest absolute Gasteiger partial charge is 0.136 e. The lowest BCUT2D eigenvalue weighted by molar-refractivity contribution is -0.139.